The minimum absolute atomic E-state index is 0.0665. The standard InChI is InChI=1S/C18H23N3O3/c1-24-14-9-7-12(8-10-14)17(22)15-11-16(21-20-15)18(23)19-13-5-3-2-4-6-13/h7-10,13,16,21H,2-6,11H2,1H3,(H,19,23). The van der Waals surface area contributed by atoms with Gasteiger partial charge in [0.15, 0.2) is 0 Å². The van der Waals surface area contributed by atoms with Crippen LogP contribution in [0.5, 0.6) is 5.75 Å². The molecule has 1 aliphatic heterocycles. The molecule has 1 aliphatic carbocycles. The maximum atomic E-state index is 12.5. The van der Waals surface area contributed by atoms with Crippen molar-refractivity contribution in [2.24, 2.45) is 5.10 Å². The van der Waals surface area contributed by atoms with E-state index in [-0.39, 0.29) is 17.7 Å². The second-order valence-electron chi connectivity index (χ2n) is 6.35. The largest absolute Gasteiger partial charge is 0.497 e. The first kappa shape index (κ1) is 16.5. The molecule has 128 valence electrons. The van der Waals surface area contributed by atoms with Gasteiger partial charge in [-0.2, -0.15) is 5.10 Å². The molecular weight excluding hydrogens is 306 g/mol. The molecule has 0 radical (unpaired) electrons. The van der Waals surface area contributed by atoms with E-state index in [0.29, 0.717) is 23.4 Å². The Balaban J connectivity index is 1.55. The van der Waals surface area contributed by atoms with Gasteiger partial charge in [0, 0.05) is 18.0 Å². The Labute approximate surface area is 141 Å². The number of hydrogen-bond acceptors (Lipinski definition) is 5. The van der Waals surface area contributed by atoms with E-state index in [1.165, 1.54) is 19.3 Å². The summed E-state index contributed by atoms with van der Waals surface area (Å²) in [6, 6.07) is 6.70. The molecule has 0 aromatic heterocycles. The van der Waals surface area contributed by atoms with Gasteiger partial charge in [0.2, 0.25) is 11.7 Å². The molecule has 2 aliphatic rings. The van der Waals surface area contributed by atoms with Crippen LogP contribution in [0.3, 0.4) is 0 Å². The van der Waals surface area contributed by atoms with Gasteiger partial charge < -0.3 is 10.1 Å². The van der Waals surface area contributed by atoms with Crippen LogP contribution in [0.1, 0.15) is 48.9 Å². The molecule has 1 aromatic rings. The predicted octanol–water partition coefficient (Wildman–Crippen LogP) is 2.04. The molecule has 0 spiro atoms. The van der Waals surface area contributed by atoms with Crippen LogP contribution in [-0.4, -0.2) is 36.6 Å². The molecule has 0 saturated heterocycles. The molecule has 1 amide bonds. The highest BCUT2D eigenvalue weighted by Crippen LogP contribution is 2.18. The number of nitrogens with zero attached hydrogens (tertiary/aromatic N) is 1. The summed E-state index contributed by atoms with van der Waals surface area (Å²) in [6.45, 7) is 0. The summed E-state index contributed by atoms with van der Waals surface area (Å²) in [5.74, 6) is 0.476. The monoisotopic (exact) mass is 329 g/mol. The Morgan fingerprint density at radius 1 is 1.17 bits per heavy atom. The number of ether oxygens (including phenoxy) is 1. The lowest BCUT2D eigenvalue weighted by molar-refractivity contribution is -0.123. The zero-order valence-corrected chi connectivity index (χ0v) is 13.9. The first-order valence-corrected chi connectivity index (χ1v) is 8.48. The van der Waals surface area contributed by atoms with Gasteiger partial charge in [-0.3, -0.25) is 15.0 Å². The molecule has 3 rings (SSSR count). The van der Waals surface area contributed by atoms with Crippen LogP contribution < -0.4 is 15.5 Å². The Morgan fingerprint density at radius 2 is 1.88 bits per heavy atom. The van der Waals surface area contributed by atoms with Gasteiger partial charge in [0.1, 0.15) is 17.5 Å². The lowest BCUT2D eigenvalue weighted by Crippen LogP contribution is -2.45. The topological polar surface area (TPSA) is 79.8 Å². The van der Waals surface area contributed by atoms with Crippen molar-refractivity contribution in [2.45, 2.75) is 50.6 Å². The number of hydrogen-bond donors (Lipinski definition) is 2. The van der Waals surface area contributed by atoms with Crippen molar-refractivity contribution in [1.29, 1.82) is 0 Å². The molecule has 1 fully saturated rings. The van der Waals surface area contributed by atoms with Crippen LogP contribution in [0.15, 0.2) is 29.4 Å². The van der Waals surface area contributed by atoms with Crippen molar-refractivity contribution in [3.63, 3.8) is 0 Å². The van der Waals surface area contributed by atoms with Crippen LogP contribution in [-0.2, 0) is 4.79 Å². The molecule has 24 heavy (non-hydrogen) atoms. The quantitative estimate of drug-likeness (QED) is 0.810. The number of carbonyl (C=O) groups excluding carboxylic acids is 2. The third-order valence-corrected chi connectivity index (χ3v) is 4.64. The first-order valence-electron chi connectivity index (χ1n) is 8.48. The van der Waals surface area contributed by atoms with Gasteiger partial charge >= 0.3 is 0 Å². The summed E-state index contributed by atoms with van der Waals surface area (Å²) in [7, 11) is 1.58. The van der Waals surface area contributed by atoms with E-state index >= 15 is 0 Å². The van der Waals surface area contributed by atoms with Gasteiger partial charge in [0.05, 0.1) is 7.11 Å². The number of nitrogens with one attached hydrogen (secondary N) is 2. The molecule has 6 heteroatoms. The molecular formula is C18H23N3O3. The van der Waals surface area contributed by atoms with Crippen molar-refractivity contribution >= 4 is 17.4 Å². The highest BCUT2D eigenvalue weighted by atomic mass is 16.5. The lowest BCUT2D eigenvalue weighted by Gasteiger charge is -2.24. The number of amides is 1. The lowest BCUT2D eigenvalue weighted by atomic mass is 9.95. The van der Waals surface area contributed by atoms with Crippen molar-refractivity contribution < 1.29 is 14.3 Å². The maximum absolute atomic E-state index is 12.5. The number of methoxy groups -OCH3 is 1. The van der Waals surface area contributed by atoms with Crippen molar-refractivity contribution in [1.82, 2.24) is 10.7 Å². The fourth-order valence-electron chi connectivity index (χ4n) is 3.19. The van der Waals surface area contributed by atoms with Gasteiger partial charge in [-0.1, -0.05) is 19.3 Å². The van der Waals surface area contributed by atoms with E-state index in [0.717, 1.165) is 12.8 Å². The summed E-state index contributed by atoms with van der Waals surface area (Å²) in [5.41, 5.74) is 3.74. The van der Waals surface area contributed by atoms with E-state index < -0.39 is 6.04 Å². The van der Waals surface area contributed by atoms with Crippen LogP contribution in [0.25, 0.3) is 0 Å². The van der Waals surface area contributed by atoms with Crippen molar-refractivity contribution in [3.8, 4) is 5.75 Å². The average Bonchev–Trinajstić information content (AvgIpc) is 3.12. The molecule has 1 atom stereocenters. The minimum atomic E-state index is -0.455. The Morgan fingerprint density at radius 3 is 2.54 bits per heavy atom. The smallest absolute Gasteiger partial charge is 0.244 e. The molecule has 1 aromatic carbocycles. The zero-order valence-electron chi connectivity index (χ0n) is 13.9. The average molecular weight is 329 g/mol. The van der Waals surface area contributed by atoms with Crippen LogP contribution in [0.4, 0.5) is 0 Å². The minimum Gasteiger partial charge on any atom is -0.497 e. The summed E-state index contributed by atoms with van der Waals surface area (Å²) in [4.78, 5) is 24.8. The summed E-state index contributed by atoms with van der Waals surface area (Å²) in [5, 5.41) is 7.15. The number of carbonyl (C=O) groups is 2. The van der Waals surface area contributed by atoms with Crippen LogP contribution >= 0.6 is 0 Å². The Kier molecular flexibility index (Phi) is 5.13. The van der Waals surface area contributed by atoms with E-state index in [2.05, 4.69) is 15.8 Å². The first-order chi connectivity index (χ1) is 11.7. The summed E-state index contributed by atoms with van der Waals surface area (Å²) >= 11 is 0. The number of rotatable bonds is 5. The summed E-state index contributed by atoms with van der Waals surface area (Å²) < 4.78 is 5.09. The van der Waals surface area contributed by atoms with E-state index in [9.17, 15) is 9.59 Å². The normalized spacial score (nSPS) is 20.9. The third-order valence-electron chi connectivity index (χ3n) is 4.64. The molecule has 1 heterocycles. The van der Waals surface area contributed by atoms with Crippen LogP contribution in [0, 0.1) is 0 Å². The number of hydrazone groups is 1. The highest BCUT2D eigenvalue weighted by molar-refractivity contribution is 6.46. The van der Waals surface area contributed by atoms with Crippen molar-refractivity contribution in [3.05, 3.63) is 29.8 Å². The fraction of sp³-hybridized carbons (Fsp3) is 0.500. The number of benzene rings is 1. The van der Waals surface area contributed by atoms with E-state index in [4.69, 9.17) is 4.74 Å². The second kappa shape index (κ2) is 7.47. The Bertz CT molecular complexity index is 633. The molecule has 1 unspecified atom stereocenters. The Hall–Kier alpha value is -2.37. The third kappa shape index (κ3) is 3.75. The SMILES string of the molecule is COc1ccc(C(=O)C2=NNC(C(=O)NC3CCCCC3)C2)cc1. The molecule has 2 N–H and O–H groups in total. The van der Waals surface area contributed by atoms with Gasteiger partial charge in [-0.25, -0.2) is 0 Å². The van der Waals surface area contributed by atoms with E-state index in [1.54, 1.807) is 31.4 Å². The fourth-order valence-corrected chi connectivity index (χ4v) is 3.19. The molecule has 1 saturated carbocycles. The van der Waals surface area contributed by atoms with Crippen LogP contribution in [0.2, 0.25) is 0 Å². The summed E-state index contributed by atoms with van der Waals surface area (Å²) in [6.07, 6.45) is 5.98. The zero-order chi connectivity index (χ0) is 16.9. The number of ketones is 1. The number of Topliss-reactive ketones (excluding diaryl/α,β-unsaturated/α-hetero) is 1. The van der Waals surface area contributed by atoms with Gasteiger partial charge in [-0.15, -0.1) is 0 Å². The van der Waals surface area contributed by atoms with Gasteiger partial charge in [0.25, 0.3) is 0 Å². The second-order valence-corrected chi connectivity index (χ2v) is 6.35. The predicted molar refractivity (Wildman–Crippen MR) is 91.3 cm³/mol. The molecule has 0 bridgehead atoms. The maximum Gasteiger partial charge on any atom is 0.244 e. The molecule has 6 nitrogen and oxygen atoms in total. The van der Waals surface area contributed by atoms with Gasteiger partial charge in [-0.05, 0) is 37.1 Å². The van der Waals surface area contributed by atoms with Crippen molar-refractivity contribution in [2.75, 3.05) is 7.11 Å². The highest BCUT2D eigenvalue weighted by Gasteiger charge is 2.30. The van der Waals surface area contributed by atoms with E-state index in [1.807, 2.05) is 0 Å².